The summed E-state index contributed by atoms with van der Waals surface area (Å²) < 4.78 is 18.3. The summed E-state index contributed by atoms with van der Waals surface area (Å²) in [6.07, 6.45) is 0. The van der Waals surface area contributed by atoms with Gasteiger partial charge in [0.25, 0.3) is 3.25 Å². The van der Waals surface area contributed by atoms with Crippen LogP contribution in [0.2, 0.25) is 0 Å². The second kappa shape index (κ2) is 17.1. The Morgan fingerprint density at radius 1 is 0.824 bits per heavy atom. The molecule has 0 heterocycles. The number of halogens is 5. The van der Waals surface area contributed by atoms with Gasteiger partial charge in [0, 0.05) is 5.33 Å². The molecule has 0 radical (unpaired) electrons. The predicted octanol–water partition coefficient (Wildman–Crippen LogP) is 7.50. The molecule has 0 aromatic heterocycles. The van der Waals surface area contributed by atoms with Crippen LogP contribution in [-0.2, 0) is 14.8 Å². The highest BCUT2D eigenvalue weighted by molar-refractivity contribution is 9.08. The van der Waals surface area contributed by atoms with E-state index in [1.54, 1.807) is 40.2 Å². The molecular weight excluding hydrogens is 594 g/mol. The van der Waals surface area contributed by atoms with Crippen LogP contribution in [-0.4, -0.2) is 42.6 Å². The molecule has 0 bridgehead atoms. The standard InChI is InChI=1S/C11H13BrO3.C11H14O3.CCl4/c1-3-15-11(13)10-6-9(14-2)5-4-8(10)7-12;1-4-14-11(12)10-7-9(13-3)6-5-8(10)2;2-1(3,4)5/h4-6H,3,7H2,1-2H3;5-7H,4H2,1-3H3;. The van der Waals surface area contributed by atoms with Gasteiger partial charge in [-0.15, -0.1) is 0 Å². The molecule has 0 aliphatic heterocycles. The van der Waals surface area contributed by atoms with Crippen molar-refractivity contribution in [2.75, 3.05) is 27.4 Å². The first-order chi connectivity index (χ1) is 15.9. The van der Waals surface area contributed by atoms with E-state index >= 15 is 0 Å². The number of alkyl halides is 5. The Hall–Kier alpha value is -1.38. The minimum absolute atomic E-state index is 0.302. The van der Waals surface area contributed by atoms with E-state index < -0.39 is 3.25 Å². The molecule has 0 saturated heterocycles. The van der Waals surface area contributed by atoms with Crippen LogP contribution in [0.1, 0.15) is 45.7 Å². The Bertz CT molecular complexity index is 913. The predicted molar refractivity (Wildman–Crippen MR) is 141 cm³/mol. The molecule has 0 atom stereocenters. The molecule has 190 valence electrons. The van der Waals surface area contributed by atoms with E-state index in [4.69, 9.17) is 65.4 Å². The van der Waals surface area contributed by atoms with Crippen molar-refractivity contribution in [2.24, 2.45) is 0 Å². The molecule has 0 aliphatic carbocycles. The molecule has 2 aromatic carbocycles. The third-order valence-electron chi connectivity index (χ3n) is 3.90. The molecule has 0 spiro atoms. The zero-order valence-corrected chi connectivity index (χ0v) is 24.0. The van der Waals surface area contributed by atoms with E-state index in [1.807, 2.05) is 31.2 Å². The number of hydrogen-bond acceptors (Lipinski definition) is 6. The lowest BCUT2D eigenvalue weighted by Gasteiger charge is -2.08. The second-order valence-electron chi connectivity index (χ2n) is 6.21. The molecule has 0 amide bonds. The topological polar surface area (TPSA) is 71.1 Å². The van der Waals surface area contributed by atoms with Crippen LogP contribution in [0.3, 0.4) is 0 Å². The van der Waals surface area contributed by atoms with Crippen LogP contribution in [0.25, 0.3) is 0 Å². The summed E-state index contributed by atoms with van der Waals surface area (Å²) >= 11 is 22.6. The number of carbonyl (C=O) groups excluding carboxylic acids is 2. The highest BCUT2D eigenvalue weighted by Gasteiger charge is 2.13. The van der Waals surface area contributed by atoms with Crippen LogP contribution in [0, 0.1) is 6.92 Å². The lowest BCUT2D eigenvalue weighted by molar-refractivity contribution is 0.0515. The first-order valence-corrected chi connectivity index (χ1v) is 12.5. The zero-order chi connectivity index (χ0) is 26.3. The Morgan fingerprint density at radius 2 is 1.24 bits per heavy atom. The van der Waals surface area contributed by atoms with Crippen molar-refractivity contribution in [3.8, 4) is 11.5 Å². The SMILES string of the molecule is CCOC(=O)c1cc(OC)ccc1C.CCOC(=O)c1cc(OC)ccc1CBr.ClC(Cl)(Cl)Cl. The normalized spacial score (nSPS) is 10.1. The third-order valence-corrected chi connectivity index (χ3v) is 4.50. The maximum absolute atomic E-state index is 11.6. The fourth-order valence-corrected chi connectivity index (χ4v) is 2.84. The van der Waals surface area contributed by atoms with Gasteiger partial charge in [-0.25, -0.2) is 9.59 Å². The van der Waals surface area contributed by atoms with E-state index in [1.165, 1.54) is 0 Å². The number of ether oxygens (including phenoxy) is 4. The molecule has 11 heteroatoms. The average molecular weight is 621 g/mol. The summed E-state index contributed by atoms with van der Waals surface area (Å²) in [5, 5.41) is 0.616. The fourth-order valence-electron chi connectivity index (χ4n) is 2.35. The quantitative estimate of drug-likeness (QED) is 0.236. The summed E-state index contributed by atoms with van der Waals surface area (Å²) in [6, 6.07) is 10.7. The van der Waals surface area contributed by atoms with E-state index in [9.17, 15) is 9.59 Å². The molecule has 34 heavy (non-hydrogen) atoms. The van der Waals surface area contributed by atoms with Gasteiger partial charge in [-0.2, -0.15) is 0 Å². The van der Waals surface area contributed by atoms with Crippen LogP contribution in [0.15, 0.2) is 36.4 Å². The molecule has 0 N–H and O–H groups in total. The van der Waals surface area contributed by atoms with Gasteiger partial charge in [-0.05, 0) is 56.2 Å². The Labute approximate surface area is 228 Å². The number of methoxy groups -OCH3 is 2. The Balaban J connectivity index is 0.000000537. The summed E-state index contributed by atoms with van der Waals surface area (Å²) in [7, 11) is 3.14. The fraction of sp³-hybridized carbons (Fsp3) is 0.391. The summed E-state index contributed by atoms with van der Waals surface area (Å²) in [4.78, 5) is 23.0. The van der Waals surface area contributed by atoms with Crippen molar-refractivity contribution in [1.29, 1.82) is 0 Å². The lowest BCUT2D eigenvalue weighted by Crippen LogP contribution is -2.07. The maximum atomic E-state index is 11.6. The van der Waals surface area contributed by atoms with Crippen LogP contribution in [0.4, 0.5) is 0 Å². The van der Waals surface area contributed by atoms with Gasteiger partial charge in [-0.3, -0.25) is 0 Å². The number of hydrogen-bond donors (Lipinski definition) is 0. The average Bonchev–Trinajstić information content (AvgIpc) is 2.78. The van der Waals surface area contributed by atoms with Gasteiger partial charge in [0.05, 0.1) is 38.6 Å². The highest BCUT2D eigenvalue weighted by Crippen LogP contribution is 2.29. The number of benzene rings is 2. The molecule has 2 rings (SSSR count). The maximum Gasteiger partial charge on any atom is 0.338 e. The number of carbonyl (C=O) groups is 2. The third kappa shape index (κ3) is 13.5. The van der Waals surface area contributed by atoms with Gasteiger partial charge in [0.1, 0.15) is 11.5 Å². The summed E-state index contributed by atoms with van der Waals surface area (Å²) in [5.41, 5.74) is 2.90. The van der Waals surface area contributed by atoms with Gasteiger partial charge in [-0.1, -0.05) is 74.5 Å². The van der Waals surface area contributed by atoms with Crippen LogP contribution >= 0.6 is 62.3 Å². The smallest absolute Gasteiger partial charge is 0.338 e. The minimum atomic E-state index is -1.61. The largest absolute Gasteiger partial charge is 0.497 e. The van der Waals surface area contributed by atoms with Crippen LogP contribution < -0.4 is 9.47 Å². The van der Waals surface area contributed by atoms with Crippen LogP contribution in [0.5, 0.6) is 11.5 Å². The van der Waals surface area contributed by atoms with Gasteiger partial charge >= 0.3 is 11.9 Å². The van der Waals surface area contributed by atoms with Crippen molar-refractivity contribution >= 4 is 74.3 Å². The Morgan fingerprint density at radius 3 is 1.65 bits per heavy atom. The van der Waals surface area contributed by atoms with Crippen molar-refractivity contribution in [3.05, 3.63) is 58.7 Å². The van der Waals surface area contributed by atoms with Gasteiger partial charge < -0.3 is 18.9 Å². The van der Waals surface area contributed by atoms with E-state index in [0.717, 1.165) is 11.1 Å². The van der Waals surface area contributed by atoms with Gasteiger partial charge in [0.2, 0.25) is 0 Å². The molecule has 6 nitrogen and oxygen atoms in total. The van der Waals surface area contributed by atoms with Crippen molar-refractivity contribution < 1.29 is 28.5 Å². The number of aryl methyl sites for hydroxylation is 1. The number of rotatable bonds is 7. The first kappa shape index (κ1) is 32.6. The lowest BCUT2D eigenvalue weighted by atomic mass is 10.1. The molecule has 0 fully saturated rings. The van der Waals surface area contributed by atoms with E-state index in [0.29, 0.717) is 41.2 Å². The molecule has 2 aromatic rings. The van der Waals surface area contributed by atoms with Crippen molar-refractivity contribution in [1.82, 2.24) is 0 Å². The van der Waals surface area contributed by atoms with E-state index in [-0.39, 0.29) is 11.9 Å². The zero-order valence-electron chi connectivity index (χ0n) is 19.4. The summed E-state index contributed by atoms with van der Waals surface area (Å²) in [6.45, 7) is 6.19. The number of esters is 2. The second-order valence-corrected chi connectivity index (χ2v) is 10.2. The monoisotopic (exact) mass is 618 g/mol. The van der Waals surface area contributed by atoms with Crippen molar-refractivity contribution in [3.63, 3.8) is 0 Å². The highest BCUT2D eigenvalue weighted by atomic mass is 79.9. The van der Waals surface area contributed by atoms with Gasteiger partial charge in [0.15, 0.2) is 0 Å². The first-order valence-electron chi connectivity index (χ1n) is 9.89. The molecule has 0 aliphatic rings. The summed E-state index contributed by atoms with van der Waals surface area (Å²) in [5.74, 6) is 0.705. The van der Waals surface area contributed by atoms with E-state index in [2.05, 4.69) is 15.9 Å². The molecular formula is C23H27BrCl4O6. The molecule has 0 saturated carbocycles. The van der Waals surface area contributed by atoms with Crippen molar-refractivity contribution in [2.45, 2.75) is 29.4 Å². The molecule has 0 unspecified atom stereocenters. The Kier molecular flexibility index (Phi) is 16.4. The minimum Gasteiger partial charge on any atom is -0.497 e.